The van der Waals surface area contributed by atoms with E-state index in [1.807, 2.05) is 30.3 Å². The van der Waals surface area contributed by atoms with E-state index in [4.69, 9.17) is 0 Å². The van der Waals surface area contributed by atoms with Gasteiger partial charge in [0.15, 0.2) is 0 Å². The van der Waals surface area contributed by atoms with E-state index in [2.05, 4.69) is 43.1 Å². The molecular weight excluding hydrogens is 333 g/mol. The predicted octanol–water partition coefficient (Wildman–Crippen LogP) is 4.12. The van der Waals surface area contributed by atoms with Crippen molar-refractivity contribution in [3.05, 3.63) is 52.4 Å². The maximum atomic E-state index is 13.3. The highest BCUT2D eigenvalue weighted by Crippen LogP contribution is 2.28. The van der Waals surface area contributed by atoms with Crippen LogP contribution in [0, 0.1) is 11.8 Å². The molecule has 5 heteroatoms. The number of nitrogens with one attached hydrogen (secondary N) is 1. The molecule has 3 nitrogen and oxygen atoms in total. The summed E-state index contributed by atoms with van der Waals surface area (Å²) >= 11 is 3.32. The van der Waals surface area contributed by atoms with Crippen molar-refractivity contribution in [1.29, 1.82) is 0 Å². The molecule has 0 amide bonds. The van der Waals surface area contributed by atoms with E-state index < -0.39 is 6.17 Å². The Morgan fingerprint density at radius 1 is 1.29 bits per heavy atom. The lowest BCUT2D eigenvalue weighted by atomic mass is 10.2. The summed E-state index contributed by atoms with van der Waals surface area (Å²) in [6.07, 6.45) is 0.890. The van der Waals surface area contributed by atoms with Crippen LogP contribution in [0.5, 0.6) is 0 Å². The highest BCUT2D eigenvalue weighted by molar-refractivity contribution is 9.10. The Kier molecular flexibility index (Phi) is 5.70. The number of benzene rings is 1. The molecule has 0 saturated heterocycles. The second-order valence-corrected chi connectivity index (χ2v) is 5.18. The van der Waals surface area contributed by atoms with Crippen molar-refractivity contribution < 1.29 is 4.39 Å². The van der Waals surface area contributed by atoms with Gasteiger partial charge in [-0.05, 0) is 35.0 Å². The maximum Gasteiger partial charge on any atom is 0.144 e. The van der Waals surface area contributed by atoms with E-state index in [0.29, 0.717) is 29.0 Å². The Morgan fingerprint density at radius 3 is 2.76 bits per heavy atom. The SMILES string of the molecule is CC(F)c1ncnc(NCCC#Cc2ccccc2)c1Br. The highest BCUT2D eigenvalue weighted by atomic mass is 79.9. The molecule has 108 valence electrons. The summed E-state index contributed by atoms with van der Waals surface area (Å²) in [5.74, 6) is 6.75. The lowest BCUT2D eigenvalue weighted by Crippen LogP contribution is -2.06. The fraction of sp³-hybridized carbons (Fsp3) is 0.250. The number of aromatic nitrogens is 2. The Hall–Kier alpha value is -1.93. The van der Waals surface area contributed by atoms with Crippen LogP contribution in [0.2, 0.25) is 0 Å². The van der Waals surface area contributed by atoms with Crippen LogP contribution in [0.1, 0.15) is 30.8 Å². The normalized spacial score (nSPS) is 11.4. The van der Waals surface area contributed by atoms with E-state index >= 15 is 0 Å². The van der Waals surface area contributed by atoms with Gasteiger partial charge in [-0.15, -0.1) is 0 Å². The first kappa shape index (κ1) is 15.5. The molecule has 0 aliphatic rings. The molecule has 2 aromatic rings. The van der Waals surface area contributed by atoms with E-state index in [9.17, 15) is 4.39 Å². The predicted molar refractivity (Wildman–Crippen MR) is 85.7 cm³/mol. The molecule has 1 heterocycles. The van der Waals surface area contributed by atoms with Gasteiger partial charge in [0.1, 0.15) is 18.3 Å². The monoisotopic (exact) mass is 347 g/mol. The van der Waals surface area contributed by atoms with Gasteiger partial charge < -0.3 is 5.32 Å². The van der Waals surface area contributed by atoms with Crippen molar-refractivity contribution in [3.63, 3.8) is 0 Å². The smallest absolute Gasteiger partial charge is 0.144 e. The molecular formula is C16H15BrFN3. The molecule has 1 N–H and O–H groups in total. The van der Waals surface area contributed by atoms with Crippen LogP contribution in [0.3, 0.4) is 0 Å². The lowest BCUT2D eigenvalue weighted by molar-refractivity contribution is 0.364. The van der Waals surface area contributed by atoms with Crippen LogP contribution in [-0.2, 0) is 0 Å². The third-order valence-electron chi connectivity index (χ3n) is 2.74. The molecule has 1 unspecified atom stereocenters. The molecule has 1 aromatic heterocycles. The fourth-order valence-corrected chi connectivity index (χ4v) is 2.37. The third kappa shape index (κ3) is 4.54. The van der Waals surface area contributed by atoms with Crippen molar-refractivity contribution in [2.45, 2.75) is 19.5 Å². The van der Waals surface area contributed by atoms with Gasteiger partial charge in [-0.2, -0.15) is 0 Å². The van der Waals surface area contributed by atoms with Crippen LogP contribution >= 0.6 is 15.9 Å². The quantitative estimate of drug-likeness (QED) is 0.667. The zero-order valence-corrected chi connectivity index (χ0v) is 13.2. The standard InChI is InChI=1S/C16H15BrFN3/c1-12(18)15-14(17)16(21-11-20-15)19-10-6-5-9-13-7-3-2-4-8-13/h2-4,7-8,11-12H,6,10H2,1H3,(H,19,20,21). The number of hydrogen-bond donors (Lipinski definition) is 1. The van der Waals surface area contributed by atoms with Gasteiger partial charge >= 0.3 is 0 Å². The molecule has 0 fully saturated rings. The molecule has 0 radical (unpaired) electrons. The molecule has 2 rings (SSSR count). The van der Waals surface area contributed by atoms with Gasteiger partial charge in [0.2, 0.25) is 0 Å². The van der Waals surface area contributed by atoms with Gasteiger partial charge in [0.25, 0.3) is 0 Å². The van der Waals surface area contributed by atoms with Crippen molar-refractivity contribution in [1.82, 2.24) is 9.97 Å². The Bertz CT molecular complexity index is 648. The van der Waals surface area contributed by atoms with Crippen LogP contribution in [0.4, 0.5) is 10.2 Å². The summed E-state index contributed by atoms with van der Waals surface area (Å²) in [7, 11) is 0. The first-order valence-electron chi connectivity index (χ1n) is 6.60. The van der Waals surface area contributed by atoms with Crippen molar-refractivity contribution in [2.75, 3.05) is 11.9 Å². The van der Waals surface area contributed by atoms with Crippen molar-refractivity contribution in [3.8, 4) is 11.8 Å². The number of alkyl halides is 1. The number of rotatable bonds is 4. The van der Waals surface area contributed by atoms with Gasteiger partial charge in [-0.1, -0.05) is 30.0 Å². The number of hydrogen-bond acceptors (Lipinski definition) is 3. The van der Waals surface area contributed by atoms with Crippen molar-refractivity contribution in [2.24, 2.45) is 0 Å². The van der Waals surface area contributed by atoms with E-state index in [0.717, 1.165) is 5.56 Å². The number of halogens is 2. The molecule has 0 spiro atoms. The molecule has 21 heavy (non-hydrogen) atoms. The molecule has 0 saturated carbocycles. The maximum absolute atomic E-state index is 13.3. The first-order valence-corrected chi connectivity index (χ1v) is 7.40. The zero-order chi connectivity index (χ0) is 15.1. The van der Waals surface area contributed by atoms with E-state index in [1.54, 1.807) is 0 Å². The van der Waals surface area contributed by atoms with Crippen LogP contribution in [-0.4, -0.2) is 16.5 Å². The fourth-order valence-electron chi connectivity index (χ4n) is 1.71. The van der Waals surface area contributed by atoms with E-state index in [1.165, 1.54) is 13.3 Å². The van der Waals surface area contributed by atoms with Crippen LogP contribution < -0.4 is 5.32 Å². The van der Waals surface area contributed by atoms with Gasteiger partial charge in [0.05, 0.1) is 10.2 Å². The Labute approximate surface area is 132 Å². The summed E-state index contributed by atoms with van der Waals surface area (Å²) in [6, 6.07) is 9.81. The topological polar surface area (TPSA) is 37.8 Å². The highest BCUT2D eigenvalue weighted by Gasteiger charge is 2.13. The molecule has 0 bridgehead atoms. The summed E-state index contributed by atoms with van der Waals surface area (Å²) in [6.45, 7) is 2.08. The zero-order valence-electron chi connectivity index (χ0n) is 11.6. The molecule has 1 atom stereocenters. The average molecular weight is 348 g/mol. The van der Waals surface area contributed by atoms with Gasteiger partial charge in [-0.25, -0.2) is 14.4 Å². The minimum atomic E-state index is -1.14. The molecule has 0 aliphatic heterocycles. The van der Waals surface area contributed by atoms with Gasteiger partial charge in [-0.3, -0.25) is 0 Å². The minimum absolute atomic E-state index is 0.350. The number of nitrogens with zero attached hydrogens (tertiary/aromatic N) is 2. The summed E-state index contributed by atoms with van der Waals surface area (Å²) in [5, 5.41) is 3.13. The Morgan fingerprint density at radius 2 is 2.05 bits per heavy atom. The summed E-state index contributed by atoms with van der Waals surface area (Å²) in [5.41, 5.74) is 1.34. The van der Waals surface area contributed by atoms with Gasteiger partial charge in [0, 0.05) is 18.5 Å². The lowest BCUT2D eigenvalue weighted by Gasteiger charge is -2.09. The average Bonchev–Trinajstić information content (AvgIpc) is 2.49. The largest absolute Gasteiger partial charge is 0.368 e. The summed E-state index contributed by atoms with van der Waals surface area (Å²) in [4.78, 5) is 8.01. The van der Waals surface area contributed by atoms with Crippen molar-refractivity contribution >= 4 is 21.7 Å². The van der Waals surface area contributed by atoms with E-state index in [-0.39, 0.29) is 0 Å². The second-order valence-electron chi connectivity index (χ2n) is 4.38. The third-order valence-corrected chi connectivity index (χ3v) is 3.52. The van der Waals surface area contributed by atoms with Crippen LogP contribution in [0.15, 0.2) is 41.1 Å². The second kappa shape index (κ2) is 7.75. The number of anilines is 1. The minimum Gasteiger partial charge on any atom is -0.368 e. The summed E-state index contributed by atoms with van der Waals surface area (Å²) < 4.78 is 13.9. The van der Waals surface area contributed by atoms with Crippen LogP contribution in [0.25, 0.3) is 0 Å². The Balaban J connectivity index is 1.90. The molecule has 0 aliphatic carbocycles. The molecule has 1 aromatic carbocycles. The first-order chi connectivity index (χ1) is 10.2.